The third kappa shape index (κ3) is 7.61. The Bertz CT molecular complexity index is 1100. The maximum atomic E-state index is 13.6. The van der Waals surface area contributed by atoms with Crippen molar-refractivity contribution >= 4 is 22.7 Å². The Morgan fingerprint density at radius 1 is 0.914 bits per heavy atom. The van der Waals surface area contributed by atoms with Gasteiger partial charge in [-0.15, -0.1) is 0 Å². The van der Waals surface area contributed by atoms with E-state index in [9.17, 15) is 9.59 Å². The second kappa shape index (κ2) is 12.4. The first kappa shape index (κ1) is 26.3. The molecule has 0 unspecified atom stereocenters. The van der Waals surface area contributed by atoms with Crippen molar-refractivity contribution in [3.63, 3.8) is 0 Å². The Balaban J connectivity index is 1.79. The first-order valence-electron chi connectivity index (χ1n) is 12.5. The molecule has 0 saturated carbocycles. The Labute approximate surface area is 209 Å². The van der Waals surface area contributed by atoms with Crippen LogP contribution in [0.1, 0.15) is 45.2 Å². The molecule has 0 aliphatic heterocycles. The van der Waals surface area contributed by atoms with E-state index in [1.807, 2.05) is 61.3 Å². The van der Waals surface area contributed by atoms with Gasteiger partial charge in [0.2, 0.25) is 11.8 Å². The number of ether oxygens (including phenoxy) is 1. The Morgan fingerprint density at radius 3 is 2.29 bits per heavy atom. The van der Waals surface area contributed by atoms with E-state index in [4.69, 9.17) is 4.74 Å². The molecule has 6 nitrogen and oxygen atoms in total. The minimum absolute atomic E-state index is 0.0292. The molecule has 0 atom stereocenters. The van der Waals surface area contributed by atoms with Gasteiger partial charge in [-0.1, -0.05) is 58.0 Å². The molecule has 0 aliphatic carbocycles. The summed E-state index contributed by atoms with van der Waals surface area (Å²) >= 11 is 0. The number of carbonyl (C=O) groups is 2. The quantitative estimate of drug-likeness (QED) is 0.386. The minimum Gasteiger partial charge on any atom is -0.497 e. The van der Waals surface area contributed by atoms with Crippen LogP contribution < -0.4 is 4.74 Å². The molecule has 3 rings (SSSR count). The number of aromatic amines is 1. The van der Waals surface area contributed by atoms with Crippen molar-refractivity contribution in [2.75, 3.05) is 26.7 Å². The number of benzene rings is 2. The maximum Gasteiger partial charge on any atom is 0.242 e. The number of methoxy groups -OCH3 is 1. The molecule has 0 aliphatic rings. The van der Waals surface area contributed by atoms with Crippen molar-refractivity contribution in [1.82, 2.24) is 14.8 Å². The predicted octanol–water partition coefficient (Wildman–Crippen LogP) is 5.28. The first-order valence-corrected chi connectivity index (χ1v) is 12.5. The number of aromatic nitrogens is 1. The number of rotatable bonds is 12. The monoisotopic (exact) mass is 477 g/mol. The van der Waals surface area contributed by atoms with Gasteiger partial charge in [-0.3, -0.25) is 9.59 Å². The second-order valence-electron chi connectivity index (χ2n) is 10.0. The highest BCUT2D eigenvalue weighted by Crippen LogP contribution is 2.20. The third-order valence-electron chi connectivity index (χ3n) is 6.06. The van der Waals surface area contributed by atoms with Crippen LogP contribution in [0.25, 0.3) is 10.9 Å². The van der Waals surface area contributed by atoms with Gasteiger partial charge in [-0.25, -0.2) is 0 Å². The average Bonchev–Trinajstić information content (AvgIpc) is 3.24. The predicted molar refractivity (Wildman–Crippen MR) is 141 cm³/mol. The minimum atomic E-state index is -0.0292. The van der Waals surface area contributed by atoms with Crippen LogP contribution in [-0.2, 0) is 22.6 Å². The topological polar surface area (TPSA) is 65.6 Å². The van der Waals surface area contributed by atoms with Crippen LogP contribution in [-0.4, -0.2) is 53.3 Å². The molecule has 188 valence electrons. The number of amides is 2. The van der Waals surface area contributed by atoms with E-state index in [-0.39, 0.29) is 24.3 Å². The van der Waals surface area contributed by atoms with Crippen molar-refractivity contribution in [2.45, 2.75) is 47.1 Å². The van der Waals surface area contributed by atoms with E-state index in [1.165, 1.54) is 10.9 Å². The number of hydrogen-bond donors (Lipinski definition) is 1. The zero-order chi connectivity index (χ0) is 25.4. The average molecular weight is 478 g/mol. The Morgan fingerprint density at radius 2 is 1.63 bits per heavy atom. The number of nitrogens with one attached hydrogen (secondary N) is 1. The Hall–Kier alpha value is -3.28. The van der Waals surface area contributed by atoms with Crippen molar-refractivity contribution in [3.05, 3.63) is 65.9 Å². The lowest BCUT2D eigenvalue weighted by Crippen LogP contribution is -2.44. The van der Waals surface area contributed by atoms with Gasteiger partial charge in [0.05, 0.1) is 13.7 Å². The Kier molecular flexibility index (Phi) is 9.35. The fourth-order valence-corrected chi connectivity index (χ4v) is 4.27. The highest BCUT2D eigenvalue weighted by Gasteiger charge is 2.23. The van der Waals surface area contributed by atoms with Crippen LogP contribution in [0.5, 0.6) is 5.75 Å². The molecule has 35 heavy (non-hydrogen) atoms. The second-order valence-corrected chi connectivity index (χ2v) is 10.0. The van der Waals surface area contributed by atoms with Crippen LogP contribution in [0.4, 0.5) is 0 Å². The van der Waals surface area contributed by atoms with Gasteiger partial charge in [-0.2, -0.15) is 0 Å². The van der Waals surface area contributed by atoms with Crippen LogP contribution >= 0.6 is 0 Å². The molecule has 1 aromatic heterocycles. The molecule has 6 heteroatoms. The molecule has 0 bridgehead atoms. The summed E-state index contributed by atoms with van der Waals surface area (Å²) in [6.45, 7) is 9.96. The lowest BCUT2D eigenvalue weighted by Gasteiger charge is -2.29. The number of fused-ring (bicyclic) bond motifs is 1. The normalized spacial score (nSPS) is 11.3. The summed E-state index contributed by atoms with van der Waals surface area (Å²) in [6, 6.07) is 16.0. The number of H-pyrrole nitrogens is 1. The first-order chi connectivity index (χ1) is 16.8. The molecule has 3 aromatic rings. The molecule has 0 spiro atoms. The lowest BCUT2D eigenvalue weighted by atomic mass is 10.1. The molecule has 1 N–H and O–H groups in total. The summed E-state index contributed by atoms with van der Waals surface area (Å²) in [5, 5.41) is 1.18. The number of nitrogens with zero attached hydrogens (tertiary/aromatic N) is 2. The molecule has 2 amide bonds. The van der Waals surface area contributed by atoms with Gasteiger partial charge in [0.1, 0.15) is 5.75 Å². The van der Waals surface area contributed by atoms with Crippen LogP contribution in [0.2, 0.25) is 0 Å². The molecular weight excluding hydrogens is 438 g/mol. The molecular formula is C29H39N3O3. The number of para-hydroxylation sites is 1. The van der Waals surface area contributed by atoms with Gasteiger partial charge in [-0.05, 0) is 47.6 Å². The molecule has 0 fully saturated rings. The van der Waals surface area contributed by atoms with Gasteiger partial charge in [0.25, 0.3) is 0 Å². The zero-order valence-electron chi connectivity index (χ0n) is 21.7. The fraction of sp³-hybridized carbons (Fsp3) is 0.448. The summed E-state index contributed by atoms with van der Waals surface area (Å²) < 4.78 is 5.28. The summed E-state index contributed by atoms with van der Waals surface area (Å²) in [5.41, 5.74) is 3.31. The van der Waals surface area contributed by atoms with Gasteiger partial charge >= 0.3 is 0 Å². The van der Waals surface area contributed by atoms with E-state index in [1.54, 1.807) is 12.0 Å². The summed E-state index contributed by atoms with van der Waals surface area (Å²) in [5.74, 6) is 1.35. The summed E-state index contributed by atoms with van der Waals surface area (Å²) in [6.07, 6.45) is 3.21. The van der Waals surface area contributed by atoms with Gasteiger partial charge in [0.15, 0.2) is 0 Å². The van der Waals surface area contributed by atoms with E-state index in [0.29, 0.717) is 32.0 Å². The van der Waals surface area contributed by atoms with E-state index in [0.717, 1.165) is 23.3 Å². The molecule has 2 aromatic carbocycles. The zero-order valence-corrected chi connectivity index (χ0v) is 21.7. The van der Waals surface area contributed by atoms with Crippen molar-refractivity contribution in [1.29, 1.82) is 0 Å². The standard InChI is InChI=1S/C29H39N3O3/c1-21(2)16-28(33)32(18-22(3)4)20-29(34)31(19-23-10-12-25(35-5)13-11-23)15-14-24-17-30-27-9-7-6-8-26(24)27/h6-13,17,21-22,30H,14-16,18-20H2,1-5H3. The van der Waals surface area contributed by atoms with Crippen molar-refractivity contribution in [3.8, 4) is 5.75 Å². The molecule has 0 radical (unpaired) electrons. The van der Waals surface area contributed by atoms with Crippen molar-refractivity contribution in [2.24, 2.45) is 11.8 Å². The summed E-state index contributed by atoms with van der Waals surface area (Å²) in [7, 11) is 1.64. The van der Waals surface area contributed by atoms with Gasteiger partial charge < -0.3 is 19.5 Å². The van der Waals surface area contributed by atoms with E-state index < -0.39 is 0 Å². The number of carbonyl (C=O) groups excluding carboxylic acids is 2. The van der Waals surface area contributed by atoms with E-state index >= 15 is 0 Å². The largest absolute Gasteiger partial charge is 0.497 e. The molecule has 0 saturated heterocycles. The van der Waals surface area contributed by atoms with Gasteiger partial charge in [0, 0.05) is 43.2 Å². The SMILES string of the molecule is COc1ccc(CN(CCc2c[nH]c3ccccc23)C(=O)CN(CC(C)C)C(=O)CC(C)C)cc1. The van der Waals surface area contributed by atoms with Crippen molar-refractivity contribution < 1.29 is 14.3 Å². The van der Waals surface area contributed by atoms with Crippen LogP contribution in [0.3, 0.4) is 0 Å². The third-order valence-corrected chi connectivity index (χ3v) is 6.06. The molecule has 1 heterocycles. The number of hydrogen-bond acceptors (Lipinski definition) is 3. The maximum absolute atomic E-state index is 13.6. The highest BCUT2D eigenvalue weighted by molar-refractivity contribution is 5.85. The summed E-state index contributed by atoms with van der Waals surface area (Å²) in [4.78, 5) is 33.4. The fourth-order valence-electron chi connectivity index (χ4n) is 4.27. The smallest absolute Gasteiger partial charge is 0.242 e. The van der Waals surface area contributed by atoms with Crippen LogP contribution in [0.15, 0.2) is 54.7 Å². The highest BCUT2D eigenvalue weighted by atomic mass is 16.5. The van der Waals surface area contributed by atoms with E-state index in [2.05, 4.69) is 31.0 Å². The lowest BCUT2D eigenvalue weighted by molar-refractivity contribution is -0.141. The van der Waals surface area contributed by atoms with Crippen LogP contribution in [0, 0.1) is 11.8 Å².